The van der Waals surface area contributed by atoms with Crippen molar-refractivity contribution in [2.24, 2.45) is 0 Å². The van der Waals surface area contributed by atoms with Gasteiger partial charge in [0.1, 0.15) is 11.6 Å². The van der Waals surface area contributed by atoms with E-state index in [0.717, 1.165) is 24.5 Å². The Balaban J connectivity index is 1.46. The van der Waals surface area contributed by atoms with Crippen LogP contribution < -0.4 is 15.0 Å². The van der Waals surface area contributed by atoms with Crippen molar-refractivity contribution in [3.63, 3.8) is 0 Å². The van der Waals surface area contributed by atoms with Crippen LogP contribution in [0, 0.1) is 5.95 Å². The molecule has 0 radical (unpaired) electrons. The zero-order chi connectivity index (χ0) is 18.4. The van der Waals surface area contributed by atoms with Crippen molar-refractivity contribution in [3.05, 3.63) is 48.4 Å². The molecule has 2 aromatic rings. The van der Waals surface area contributed by atoms with Gasteiger partial charge in [0.2, 0.25) is 11.9 Å². The topological polar surface area (TPSA) is 57.7 Å². The van der Waals surface area contributed by atoms with Gasteiger partial charge in [-0.15, -0.1) is 0 Å². The van der Waals surface area contributed by atoms with E-state index in [1.165, 1.54) is 6.07 Å². The van der Waals surface area contributed by atoms with Crippen LogP contribution in [0.5, 0.6) is 5.75 Å². The highest BCUT2D eigenvalue weighted by atomic mass is 19.1. The second-order valence-corrected chi connectivity index (χ2v) is 6.09. The van der Waals surface area contributed by atoms with Gasteiger partial charge in [0.15, 0.2) is 0 Å². The number of carbonyl (C=O) groups excluding carboxylic acids is 1. The van der Waals surface area contributed by atoms with E-state index in [4.69, 9.17) is 4.74 Å². The van der Waals surface area contributed by atoms with Gasteiger partial charge < -0.3 is 15.0 Å². The number of ether oxygens (including phenoxy) is 1. The molecule has 1 aromatic heterocycles. The molecule has 2 heterocycles. The zero-order valence-electron chi connectivity index (χ0n) is 14.8. The third kappa shape index (κ3) is 4.92. The van der Waals surface area contributed by atoms with Crippen molar-refractivity contribution < 1.29 is 13.9 Å². The molecule has 1 saturated heterocycles. The highest BCUT2D eigenvalue weighted by molar-refractivity contribution is 5.92. The molecule has 6 nitrogen and oxygen atoms in total. The van der Waals surface area contributed by atoms with Crippen LogP contribution in [0.25, 0.3) is 0 Å². The van der Waals surface area contributed by atoms with E-state index < -0.39 is 5.95 Å². The summed E-state index contributed by atoms with van der Waals surface area (Å²) in [5.41, 5.74) is 0.751. The van der Waals surface area contributed by atoms with Gasteiger partial charge in [0.05, 0.1) is 13.2 Å². The van der Waals surface area contributed by atoms with Crippen molar-refractivity contribution >= 4 is 17.4 Å². The predicted molar refractivity (Wildman–Crippen MR) is 99.1 cm³/mol. The van der Waals surface area contributed by atoms with E-state index in [-0.39, 0.29) is 5.91 Å². The molecule has 7 heteroatoms. The lowest BCUT2D eigenvalue weighted by atomic mass is 10.2. The maximum atomic E-state index is 13.2. The SMILES string of the molecule is CCOc1ccc(NC(=O)CN2CCN(c3cccc(F)n3)CC2)cc1. The largest absolute Gasteiger partial charge is 0.494 e. The highest BCUT2D eigenvalue weighted by Crippen LogP contribution is 2.16. The Morgan fingerprint density at radius 3 is 2.54 bits per heavy atom. The summed E-state index contributed by atoms with van der Waals surface area (Å²) in [6.45, 7) is 5.77. The molecule has 3 rings (SSSR count). The number of pyridine rings is 1. The number of aromatic nitrogens is 1. The van der Waals surface area contributed by atoms with Crippen LogP contribution in [0.4, 0.5) is 15.9 Å². The molecule has 1 N–H and O–H groups in total. The number of nitrogens with one attached hydrogen (secondary N) is 1. The normalized spacial score (nSPS) is 14.9. The van der Waals surface area contributed by atoms with Crippen molar-refractivity contribution in [1.29, 1.82) is 0 Å². The van der Waals surface area contributed by atoms with Crippen LogP contribution in [0.2, 0.25) is 0 Å². The van der Waals surface area contributed by atoms with Gasteiger partial charge >= 0.3 is 0 Å². The fraction of sp³-hybridized carbons (Fsp3) is 0.368. The van der Waals surface area contributed by atoms with Crippen molar-refractivity contribution in [2.75, 3.05) is 49.5 Å². The Morgan fingerprint density at radius 1 is 1.15 bits per heavy atom. The summed E-state index contributed by atoms with van der Waals surface area (Å²) in [5.74, 6) is 0.905. The Kier molecular flexibility index (Phi) is 6.01. The number of benzene rings is 1. The minimum atomic E-state index is -0.473. The van der Waals surface area contributed by atoms with Crippen molar-refractivity contribution in [3.8, 4) is 5.75 Å². The van der Waals surface area contributed by atoms with Gasteiger partial charge in [-0.2, -0.15) is 4.39 Å². The number of halogens is 1. The molecule has 0 saturated carbocycles. The predicted octanol–water partition coefficient (Wildman–Crippen LogP) is 2.38. The van der Waals surface area contributed by atoms with Crippen LogP contribution in [0.1, 0.15) is 6.92 Å². The van der Waals surface area contributed by atoms with Gasteiger partial charge in [0.25, 0.3) is 0 Å². The number of carbonyl (C=O) groups is 1. The summed E-state index contributed by atoms with van der Waals surface area (Å²) >= 11 is 0. The van der Waals surface area contributed by atoms with E-state index in [1.54, 1.807) is 12.1 Å². The molecule has 1 fully saturated rings. The molecular weight excluding hydrogens is 335 g/mol. The lowest BCUT2D eigenvalue weighted by Gasteiger charge is -2.34. The molecule has 1 amide bonds. The molecule has 138 valence electrons. The van der Waals surface area contributed by atoms with Crippen molar-refractivity contribution in [1.82, 2.24) is 9.88 Å². The van der Waals surface area contributed by atoms with E-state index in [1.807, 2.05) is 36.1 Å². The fourth-order valence-corrected chi connectivity index (χ4v) is 2.91. The summed E-state index contributed by atoms with van der Waals surface area (Å²) in [6, 6.07) is 12.1. The smallest absolute Gasteiger partial charge is 0.238 e. The van der Waals surface area contributed by atoms with Crippen LogP contribution in [-0.4, -0.2) is 55.1 Å². The first-order valence-corrected chi connectivity index (χ1v) is 8.76. The first kappa shape index (κ1) is 18.1. The number of rotatable bonds is 6. The summed E-state index contributed by atoms with van der Waals surface area (Å²) in [6.07, 6.45) is 0. The summed E-state index contributed by atoms with van der Waals surface area (Å²) in [7, 11) is 0. The van der Waals surface area contributed by atoms with E-state index in [0.29, 0.717) is 32.1 Å². The summed E-state index contributed by atoms with van der Waals surface area (Å²) < 4.78 is 18.6. The number of hydrogen-bond acceptors (Lipinski definition) is 5. The molecule has 0 bridgehead atoms. The molecule has 0 atom stereocenters. The minimum Gasteiger partial charge on any atom is -0.494 e. The van der Waals surface area contributed by atoms with Gasteiger partial charge in [0, 0.05) is 31.9 Å². The quantitative estimate of drug-likeness (QED) is 0.804. The van der Waals surface area contributed by atoms with Crippen LogP contribution >= 0.6 is 0 Å². The van der Waals surface area contributed by atoms with Gasteiger partial charge in [-0.1, -0.05) is 6.07 Å². The van der Waals surface area contributed by atoms with Gasteiger partial charge in [-0.3, -0.25) is 9.69 Å². The number of hydrogen-bond donors (Lipinski definition) is 1. The molecule has 0 aliphatic carbocycles. The average Bonchev–Trinajstić information content (AvgIpc) is 2.64. The Hall–Kier alpha value is -2.67. The minimum absolute atomic E-state index is 0.0495. The molecule has 0 spiro atoms. The Labute approximate surface area is 152 Å². The molecule has 0 unspecified atom stereocenters. The third-order valence-electron chi connectivity index (χ3n) is 4.21. The maximum Gasteiger partial charge on any atom is 0.238 e. The van der Waals surface area contributed by atoms with Gasteiger partial charge in [-0.25, -0.2) is 4.98 Å². The molecular formula is C19H23FN4O2. The monoisotopic (exact) mass is 358 g/mol. The molecule has 1 aliphatic heterocycles. The lowest BCUT2D eigenvalue weighted by molar-refractivity contribution is -0.117. The number of anilines is 2. The first-order valence-electron chi connectivity index (χ1n) is 8.76. The second-order valence-electron chi connectivity index (χ2n) is 6.09. The van der Waals surface area contributed by atoms with E-state index in [9.17, 15) is 9.18 Å². The molecule has 1 aliphatic rings. The number of nitrogens with zero attached hydrogens (tertiary/aromatic N) is 3. The third-order valence-corrected chi connectivity index (χ3v) is 4.21. The van der Waals surface area contributed by atoms with Crippen LogP contribution in [-0.2, 0) is 4.79 Å². The van der Waals surface area contributed by atoms with E-state index >= 15 is 0 Å². The van der Waals surface area contributed by atoms with Crippen molar-refractivity contribution in [2.45, 2.75) is 6.92 Å². The highest BCUT2D eigenvalue weighted by Gasteiger charge is 2.20. The van der Waals surface area contributed by atoms with E-state index in [2.05, 4.69) is 15.2 Å². The summed E-state index contributed by atoms with van der Waals surface area (Å²) in [5, 5.41) is 2.90. The van der Waals surface area contributed by atoms with Crippen LogP contribution in [0.15, 0.2) is 42.5 Å². The molecule has 1 aromatic carbocycles. The maximum absolute atomic E-state index is 13.2. The number of piperazine rings is 1. The van der Waals surface area contributed by atoms with Gasteiger partial charge in [-0.05, 0) is 43.3 Å². The Bertz CT molecular complexity index is 731. The fourth-order valence-electron chi connectivity index (χ4n) is 2.91. The lowest BCUT2D eigenvalue weighted by Crippen LogP contribution is -2.49. The zero-order valence-corrected chi connectivity index (χ0v) is 14.8. The first-order chi connectivity index (χ1) is 12.6. The number of amides is 1. The standard InChI is InChI=1S/C19H23FN4O2/c1-2-26-16-8-6-15(7-9-16)21-19(25)14-23-10-12-24(13-11-23)18-5-3-4-17(20)22-18/h3-9H,2,10-14H2,1H3,(H,21,25). The van der Waals surface area contributed by atoms with Crippen LogP contribution in [0.3, 0.4) is 0 Å². The second kappa shape index (κ2) is 8.62. The average molecular weight is 358 g/mol. The summed E-state index contributed by atoms with van der Waals surface area (Å²) in [4.78, 5) is 20.3. The molecule has 26 heavy (non-hydrogen) atoms. The Morgan fingerprint density at radius 2 is 1.88 bits per heavy atom.